The summed E-state index contributed by atoms with van der Waals surface area (Å²) >= 11 is 0. The second kappa shape index (κ2) is 6.85. The quantitative estimate of drug-likeness (QED) is 0.645. The van der Waals surface area contributed by atoms with Gasteiger partial charge in [0, 0.05) is 25.1 Å². The third kappa shape index (κ3) is 4.93. The average Bonchev–Trinajstić information content (AvgIpc) is 2.76. The summed E-state index contributed by atoms with van der Waals surface area (Å²) in [6, 6.07) is 4.69. The van der Waals surface area contributed by atoms with Gasteiger partial charge in [-0.25, -0.2) is 0 Å². The van der Waals surface area contributed by atoms with E-state index in [-0.39, 0.29) is 25.1 Å². The highest BCUT2D eigenvalue weighted by atomic mass is 19.4. The molecule has 0 spiro atoms. The second-order valence-electron chi connectivity index (χ2n) is 5.46. The highest BCUT2D eigenvalue weighted by Crippen LogP contribution is 2.21. The molecule has 1 heterocycles. The summed E-state index contributed by atoms with van der Waals surface area (Å²) in [6.45, 7) is -1.52. The lowest BCUT2D eigenvalue weighted by molar-refractivity contribution is -0.384. The van der Waals surface area contributed by atoms with Crippen molar-refractivity contribution in [3.05, 3.63) is 39.9 Å². The minimum absolute atomic E-state index is 0.0814. The first kappa shape index (κ1) is 17.7. The van der Waals surface area contributed by atoms with Crippen molar-refractivity contribution in [2.75, 3.05) is 13.1 Å². The van der Waals surface area contributed by atoms with Crippen molar-refractivity contribution < 1.29 is 27.7 Å². The summed E-state index contributed by atoms with van der Waals surface area (Å²) < 4.78 is 37.0. The lowest BCUT2D eigenvalue weighted by atomic mass is 10.1. The standard InChI is InChI=1S/C14H14F3N3O4/c15-14(16,17)8-19-7-10(6-13(19)22)18-12(21)5-9-1-3-11(4-2-9)20(23)24/h1-4,10H,5-8H2,(H,18,21). The van der Waals surface area contributed by atoms with Crippen LogP contribution in [0.5, 0.6) is 0 Å². The Kier molecular flexibility index (Phi) is 5.05. The number of nitrogens with one attached hydrogen (secondary N) is 1. The molecule has 1 aliphatic rings. The van der Waals surface area contributed by atoms with Gasteiger partial charge in [-0.3, -0.25) is 19.7 Å². The predicted octanol–water partition coefficient (Wildman–Crippen LogP) is 1.42. The third-order valence-electron chi connectivity index (χ3n) is 3.46. The van der Waals surface area contributed by atoms with E-state index in [1.54, 1.807) is 0 Å². The maximum absolute atomic E-state index is 12.3. The molecule has 1 saturated heterocycles. The number of nitro benzene ring substituents is 1. The zero-order chi connectivity index (χ0) is 17.9. The van der Waals surface area contributed by atoms with Crippen LogP contribution in [0.25, 0.3) is 0 Å². The first-order valence-corrected chi connectivity index (χ1v) is 7.01. The Bertz CT molecular complexity index is 646. The van der Waals surface area contributed by atoms with Gasteiger partial charge in [0.15, 0.2) is 0 Å². The van der Waals surface area contributed by atoms with Gasteiger partial charge < -0.3 is 10.2 Å². The molecule has 1 aromatic carbocycles. The summed E-state index contributed by atoms with van der Waals surface area (Å²) in [5.74, 6) is -1.12. The van der Waals surface area contributed by atoms with Crippen LogP contribution in [0, 0.1) is 10.1 Å². The van der Waals surface area contributed by atoms with Crippen LogP contribution in [-0.4, -0.2) is 46.9 Å². The fraction of sp³-hybridized carbons (Fsp3) is 0.429. The molecule has 0 saturated carbocycles. The first-order chi connectivity index (χ1) is 11.1. The van der Waals surface area contributed by atoms with E-state index < -0.39 is 35.5 Å². The molecule has 1 aliphatic heterocycles. The monoisotopic (exact) mass is 345 g/mol. The van der Waals surface area contributed by atoms with Crippen LogP contribution < -0.4 is 5.32 Å². The van der Waals surface area contributed by atoms with Gasteiger partial charge in [0.25, 0.3) is 5.69 Å². The number of rotatable bonds is 5. The molecule has 1 aromatic rings. The molecule has 1 N–H and O–H groups in total. The molecule has 0 radical (unpaired) electrons. The highest BCUT2D eigenvalue weighted by Gasteiger charge is 2.38. The molecular weight excluding hydrogens is 331 g/mol. The number of carbonyl (C=O) groups excluding carboxylic acids is 2. The number of amides is 2. The van der Waals surface area contributed by atoms with Gasteiger partial charge in [-0.05, 0) is 5.56 Å². The topological polar surface area (TPSA) is 92.5 Å². The number of alkyl halides is 3. The number of hydrogen-bond donors (Lipinski definition) is 1. The van der Waals surface area contributed by atoms with Gasteiger partial charge in [-0.15, -0.1) is 0 Å². The summed E-state index contributed by atoms with van der Waals surface area (Å²) in [5.41, 5.74) is 0.415. The number of non-ortho nitro benzene ring substituents is 1. The van der Waals surface area contributed by atoms with Crippen LogP contribution in [0.3, 0.4) is 0 Å². The van der Waals surface area contributed by atoms with Gasteiger partial charge in [0.05, 0.1) is 17.4 Å². The van der Waals surface area contributed by atoms with Crippen LogP contribution in [0.1, 0.15) is 12.0 Å². The number of halogens is 3. The summed E-state index contributed by atoms with van der Waals surface area (Å²) in [6.07, 6.45) is -4.74. The molecule has 2 rings (SSSR count). The number of nitrogens with zero attached hydrogens (tertiary/aromatic N) is 2. The molecule has 0 aliphatic carbocycles. The maximum atomic E-state index is 12.3. The van der Waals surface area contributed by atoms with Gasteiger partial charge >= 0.3 is 6.18 Å². The summed E-state index contributed by atoms with van der Waals surface area (Å²) in [5, 5.41) is 13.0. The number of benzene rings is 1. The average molecular weight is 345 g/mol. The van der Waals surface area contributed by atoms with E-state index in [0.717, 1.165) is 0 Å². The Balaban J connectivity index is 1.86. The molecule has 0 bridgehead atoms. The van der Waals surface area contributed by atoms with Crippen molar-refractivity contribution in [2.24, 2.45) is 0 Å². The smallest absolute Gasteiger partial charge is 0.351 e. The molecule has 1 atom stereocenters. The fourth-order valence-corrected chi connectivity index (χ4v) is 2.44. The maximum Gasteiger partial charge on any atom is 0.406 e. The number of nitro groups is 1. The molecule has 10 heteroatoms. The first-order valence-electron chi connectivity index (χ1n) is 7.01. The van der Waals surface area contributed by atoms with E-state index in [1.807, 2.05) is 0 Å². The Morgan fingerprint density at radius 3 is 2.50 bits per heavy atom. The van der Waals surface area contributed by atoms with Crippen LogP contribution >= 0.6 is 0 Å². The molecule has 0 aromatic heterocycles. The van der Waals surface area contributed by atoms with Crippen LogP contribution in [0.15, 0.2) is 24.3 Å². The van der Waals surface area contributed by atoms with E-state index in [4.69, 9.17) is 0 Å². The van der Waals surface area contributed by atoms with Crippen molar-refractivity contribution in [3.63, 3.8) is 0 Å². The highest BCUT2D eigenvalue weighted by molar-refractivity contribution is 5.83. The molecule has 7 nitrogen and oxygen atoms in total. The van der Waals surface area contributed by atoms with Gasteiger partial charge in [0.1, 0.15) is 6.54 Å². The van der Waals surface area contributed by atoms with Gasteiger partial charge in [0.2, 0.25) is 11.8 Å². The summed E-state index contributed by atoms with van der Waals surface area (Å²) in [7, 11) is 0. The predicted molar refractivity (Wildman–Crippen MR) is 76.0 cm³/mol. The van der Waals surface area contributed by atoms with E-state index in [1.165, 1.54) is 24.3 Å². The Morgan fingerprint density at radius 2 is 1.96 bits per heavy atom. The Labute approximate surface area is 134 Å². The number of carbonyl (C=O) groups is 2. The van der Waals surface area contributed by atoms with Crippen molar-refractivity contribution in [1.82, 2.24) is 10.2 Å². The Morgan fingerprint density at radius 1 is 1.33 bits per heavy atom. The minimum atomic E-state index is -4.48. The molecular formula is C14H14F3N3O4. The molecule has 24 heavy (non-hydrogen) atoms. The van der Waals surface area contributed by atoms with E-state index in [9.17, 15) is 32.9 Å². The van der Waals surface area contributed by atoms with Gasteiger partial charge in [-0.1, -0.05) is 12.1 Å². The normalized spacial score (nSPS) is 17.9. The lowest BCUT2D eigenvalue weighted by Crippen LogP contribution is -2.40. The van der Waals surface area contributed by atoms with Crippen LogP contribution in [0.4, 0.5) is 18.9 Å². The van der Waals surface area contributed by atoms with Crippen LogP contribution in [0.2, 0.25) is 0 Å². The van der Waals surface area contributed by atoms with Gasteiger partial charge in [-0.2, -0.15) is 13.2 Å². The van der Waals surface area contributed by atoms with Crippen molar-refractivity contribution >= 4 is 17.5 Å². The fourth-order valence-electron chi connectivity index (χ4n) is 2.44. The number of hydrogen-bond acceptors (Lipinski definition) is 4. The third-order valence-corrected chi connectivity index (χ3v) is 3.46. The summed E-state index contributed by atoms with van der Waals surface area (Å²) in [4.78, 5) is 34.0. The minimum Gasteiger partial charge on any atom is -0.351 e. The molecule has 2 amide bonds. The molecule has 130 valence electrons. The number of likely N-dealkylation sites (tertiary alicyclic amines) is 1. The SMILES string of the molecule is O=C(Cc1ccc([N+](=O)[O-])cc1)NC1CC(=O)N(CC(F)(F)F)C1. The molecule has 1 fully saturated rings. The van der Waals surface area contributed by atoms with Crippen molar-refractivity contribution in [3.8, 4) is 0 Å². The largest absolute Gasteiger partial charge is 0.406 e. The molecule has 1 unspecified atom stereocenters. The lowest BCUT2D eigenvalue weighted by Gasteiger charge is -2.18. The second-order valence-corrected chi connectivity index (χ2v) is 5.46. The Hall–Kier alpha value is -2.65. The van der Waals surface area contributed by atoms with Crippen molar-refractivity contribution in [1.29, 1.82) is 0 Å². The van der Waals surface area contributed by atoms with E-state index in [2.05, 4.69) is 5.32 Å². The zero-order valence-corrected chi connectivity index (χ0v) is 12.4. The van der Waals surface area contributed by atoms with E-state index >= 15 is 0 Å². The van der Waals surface area contributed by atoms with Crippen molar-refractivity contribution in [2.45, 2.75) is 25.1 Å². The van der Waals surface area contributed by atoms with Crippen LogP contribution in [-0.2, 0) is 16.0 Å². The zero-order valence-electron chi connectivity index (χ0n) is 12.4. The van der Waals surface area contributed by atoms with E-state index in [0.29, 0.717) is 10.5 Å².